The first kappa shape index (κ1) is 22.2. The fraction of sp³-hybridized carbons (Fsp3) is 0.480. The topological polar surface area (TPSA) is 42.0 Å². The van der Waals surface area contributed by atoms with E-state index in [0.29, 0.717) is 12.3 Å². The van der Waals surface area contributed by atoms with Crippen molar-refractivity contribution in [1.29, 1.82) is 0 Å². The normalized spacial score (nSPS) is 15.0. The molecule has 1 fully saturated rings. The first-order valence-corrected chi connectivity index (χ1v) is 10.8. The summed E-state index contributed by atoms with van der Waals surface area (Å²) in [6.07, 6.45) is 3.52. The Kier molecular flexibility index (Phi) is 8.14. The highest BCUT2D eigenvalue weighted by Crippen LogP contribution is 2.21. The fourth-order valence-corrected chi connectivity index (χ4v) is 4.05. The van der Waals surface area contributed by atoms with E-state index in [-0.39, 0.29) is 5.91 Å². The van der Waals surface area contributed by atoms with Gasteiger partial charge < -0.3 is 19.3 Å². The summed E-state index contributed by atoms with van der Waals surface area (Å²) in [5, 5.41) is 0. The van der Waals surface area contributed by atoms with Gasteiger partial charge in [0.15, 0.2) is 0 Å². The number of rotatable bonds is 9. The zero-order chi connectivity index (χ0) is 21.3. The molecule has 5 nitrogen and oxygen atoms in total. The van der Waals surface area contributed by atoms with Gasteiger partial charge in [0.05, 0.1) is 20.6 Å². The van der Waals surface area contributed by atoms with Crippen molar-refractivity contribution in [2.45, 2.75) is 25.7 Å². The largest absolute Gasteiger partial charge is 0.497 e. The molecule has 0 radical (unpaired) electrons. The molecule has 0 unspecified atom stereocenters. The molecule has 162 valence electrons. The van der Waals surface area contributed by atoms with Crippen LogP contribution in [0.3, 0.4) is 0 Å². The standard InChI is InChI=1S/C25H34N2O3/c1-26-15-12-21(13-16-26)19-27(17-14-20-8-10-23(29-2)11-9-20)25(28)18-22-6-4-5-7-24(22)30-3/h4-11,21H,12-19H2,1-3H3. The van der Waals surface area contributed by atoms with Gasteiger partial charge in [0.2, 0.25) is 5.91 Å². The predicted molar refractivity (Wildman–Crippen MR) is 120 cm³/mol. The van der Waals surface area contributed by atoms with Crippen LogP contribution in [0.4, 0.5) is 0 Å². The van der Waals surface area contributed by atoms with E-state index in [4.69, 9.17) is 9.47 Å². The molecule has 1 amide bonds. The van der Waals surface area contributed by atoms with Crippen molar-refractivity contribution in [3.05, 3.63) is 59.7 Å². The van der Waals surface area contributed by atoms with E-state index < -0.39 is 0 Å². The molecule has 0 bridgehead atoms. The molecule has 0 spiro atoms. The van der Waals surface area contributed by atoms with Crippen molar-refractivity contribution < 1.29 is 14.3 Å². The molecule has 0 N–H and O–H groups in total. The smallest absolute Gasteiger partial charge is 0.227 e. The quantitative estimate of drug-likeness (QED) is 0.633. The van der Waals surface area contributed by atoms with Crippen molar-refractivity contribution in [2.75, 3.05) is 47.4 Å². The maximum absolute atomic E-state index is 13.3. The maximum atomic E-state index is 13.3. The predicted octanol–water partition coefficient (Wildman–Crippen LogP) is 3.66. The number of carbonyl (C=O) groups excluding carboxylic acids is 1. The van der Waals surface area contributed by atoms with Crippen molar-refractivity contribution in [2.24, 2.45) is 5.92 Å². The van der Waals surface area contributed by atoms with Crippen LogP contribution in [-0.4, -0.2) is 63.2 Å². The van der Waals surface area contributed by atoms with Crippen LogP contribution >= 0.6 is 0 Å². The Morgan fingerprint density at radius 2 is 1.73 bits per heavy atom. The lowest BCUT2D eigenvalue weighted by Crippen LogP contribution is -2.41. The average molecular weight is 411 g/mol. The first-order valence-electron chi connectivity index (χ1n) is 10.8. The molecule has 2 aromatic rings. The van der Waals surface area contributed by atoms with Crippen LogP contribution in [-0.2, 0) is 17.6 Å². The number of methoxy groups -OCH3 is 2. The Morgan fingerprint density at radius 1 is 1.03 bits per heavy atom. The van der Waals surface area contributed by atoms with Gasteiger partial charge in [-0.25, -0.2) is 0 Å². The van der Waals surface area contributed by atoms with E-state index in [1.807, 2.05) is 36.4 Å². The van der Waals surface area contributed by atoms with Crippen molar-refractivity contribution >= 4 is 5.91 Å². The van der Waals surface area contributed by atoms with Crippen molar-refractivity contribution in [3.8, 4) is 11.5 Å². The number of nitrogens with zero attached hydrogens (tertiary/aromatic N) is 2. The van der Waals surface area contributed by atoms with Gasteiger partial charge in [0.1, 0.15) is 11.5 Å². The summed E-state index contributed by atoms with van der Waals surface area (Å²) in [6.45, 7) is 3.78. The van der Waals surface area contributed by atoms with Crippen LogP contribution in [0, 0.1) is 5.92 Å². The van der Waals surface area contributed by atoms with Gasteiger partial charge in [0, 0.05) is 18.7 Å². The minimum Gasteiger partial charge on any atom is -0.497 e. The first-order chi connectivity index (χ1) is 14.6. The number of amides is 1. The maximum Gasteiger partial charge on any atom is 0.227 e. The Balaban J connectivity index is 1.67. The van der Waals surface area contributed by atoms with Crippen LogP contribution in [0.25, 0.3) is 0 Å². The van der Waals surface area contributed by atoms with Gasteiger partial charge in [-0.3, -0.25) is 4.79 Å². The molecule has 0 aromatic heterocycles. The second kappa shape index (κ2) is 11.0. The van der Waals surface area contributed by atoms with Gasteiger partial charge in [-0.15, -0.1) is 0 Å². The highest BCUT2D eigenvalue weighted by molar-refractivity contribution is 5.79. The minimum absolute atomic E-state index is 0.173. The van der Waals surface area contributed by atoms with Crippen LogP contribution in [0.5, 0.6) is 11.5 Å². The molecule has 30 heavy (non-hydrogen) atoms. The highest BCUT2D eigenvalue weighted by Gasteiger charge is 2.23. The molecule has 0 saturated carbocycles. The Morgan fingerprint density at radius 3 is 2.40 bits per heavy atom. The number of carbonyl (C=O) groups is 1. The molecule has 1 aliphatic rings. The number of para-hydroxylation sites is 1. The molecule has 1 saturated heterocycles. The van der Waals surface area contributed by atoms with Crippen LogP contribution < -0.4 is 9.47 Å². The third-order valence-electron chi connectivity index (χ3n) is 6.03. The Labute approximate surface area is 180 Å². The summed E-state index contributed by atoms with van der Waals surface area (Å²) in [5.74, 6) is 2.38. The lowest BCUT2D eigenvalue weighted by atomic mass is 9.96. The summed E-state index contributed by atoms with van der Waals surface area (Å²) in [7, 11) is 5.50. The molecular formula is C25H34N2O3. The molecule has 0 aliphatic carbocycles. The molecule has 3 rings (SSSR count). The average Bonchev–Trinajstić information content (AvgIpc) is 2.78. The van der Waals surface area contributed by atoms with E-state index in [2.05, 4.69) is 29.0 Å². The summed E-state index contributed by atoms with van der Waals surface area (Å²) < 4.78 is 10.7. The van der Waals surface area contributed by atoms with E-state index in [1.54, 1.807) is 14.2 Å². The van der Waals surface area contributed by atoms with E-state index in [9.17, 15) is 4.79 Å². The van der Waals surface area contributed by atoms with Crippen LogP contribution in [0.2, 0.25) is 0 Å². The Hall–Kier alpha value is -2.53. The number of hydrogen-bond donors (Lipinski definition) is 0. The van der Waals surface area contributed by atoms with Crippen molar-refractivity contribution in [3.63, 3.8) is 0 Å². The summed E-state index contributed by atoms with van der Waals surface area (Å²) in [4.78, 5) is 17.7. The number of hydrogen-bond acceptors (Lipinski definition) is 4. The number of piperidine rings is 1. The zero-order valence-electron chi connectivity index (χ0n) is 18.5. The van der Waals surface area contributed by atoms with Gasteiger partial charge in [0.25, 0.3) is 0 Å². The van der Waals surface area contributed by atoms with E-state index in [0.717, 1.165) is 62.5 Å². The summed E-state index contributed by atoms with van der Waals surface area (Å²) in [5.41, 5.74) is 2.16. The SMILES string of the molecule is COc1ccc(CCN(CC2CCN(C)CC2)C(=O)Cc2ccccc2OC)cc1. The molecule has 1 heterocycles. The number of ether oxygens (including phenoxy) is 2. The number of benzene rings is 2. The van der Waals surface area contributed by atoms with Gasteiger partial charge in [-0.1, -0.05) is 30.3 Å². The second-order valence-corrected chi connectivity index (χ2v) is 8.17. The lowest BCUT2D eigenvalue weighted by Gasteiger charge is -2.33. The lowest BCUT2D eigenvalue weighted by molar-refractivity contribution is -0.131. The second-order valence-electron chi connectivity index (χ2n) is 8.17. The zero-order valence-corrected chi connectivity index (χ0v) is 18.5. The molecular weight excluding hydrogens is 376 g/mol. The van der Waals surface area contributed by atoms with Gasteiger partial charge >= 0.3 is 0 Å². The summed E-state index contributed by atoms with van der Waals surface area (Å²) >= 11 is 0. The summed E-state index contributed by atoms with van der Waals surface area (Å²) in [6, 6.07) is 15.9. The third kappa shape index (κ3) is 6.23. The number of likely N-dealkylation sites (tertiary alicyclic amines) is 1. The van der Waals surface area contributed by atoms with Gasteiger partial charge in [-0.05, 0) is 69.1 Å². The molecule has 5 heteroatoms. The monoisotopic (exact) mass is 410 g/mol. The van der Waals surface area contributed by atoms with Crippen LogP contribution in [0.1, 0.15) is 24.0 Å². The minimum atomic E-state index is 0.173. The van der Waals surface area contributed by atoms with E-state index >= 15 is 0 Å². The molecule has 0 atom stereocenters. The van der Waals surface area contributed by atoms with Crippen LogP contribution in [0.15, 0.2) is 48.5 Å². The Bertz CT molecular complexity index is 798. The highest BCUT2D eigenvalue weighted by atomic mass is 16.5. The van der Waals surface area contributed by atoms with Crippen molar-refractivity contribution in [1.82, 2.24) is 9.80 Å². The molecule has 2 aromatic carbocycles. The van der Waals surface area contributed by atoms with E-state index in [1.165, 1.54) is 5.56 Å². The third-order valence-corrected chi connectivity index (χ3v) is 6.03. The fourth-order valence-electron chi connectivity index (χ4n) is 4.05. The molecule has 1 aliphatic heterocycles. The van der Waals surface area contributed by atoms with Gasteiger partial charge in [-0.2, -0.15) is 0 Å².